The Hall–Kier alpha value is -2.63. The van der Waals surface area contributed by atoms with E-state index in [1.54, 1.807) is 6.20 Å². The summed E-state index contributed by atoms with van der Waals surface area (Å²) in [5.74, 6) is 0.919. The van der Waals surface area contributed by atoms with Crippen LogP contribution in [0.1, 0.15) is 53.2 Å². The van der Waals surface area contributed by atoms with E-state index in [2.05, 4.69) is 34.2 Å². The van der Waals surface area contributed by atoms with Gasteiger partial charge in [0, 0.05) is 12.2 Å². The molecule has 0 aliphatic carbocycles. The number of fused-ring (bicyclic) bond motifs is 1. The number of carbonyl (C=O) groups is 1. The maximum atomic E-state index is 13.0. The highest BCUT2D eigenvalue weighted by molar-refractivity contribution is 5.95. The van der Waals surface area contributed by atoms with E-state index in [-0.39, 0.29) is 11.9 Å². The molecule has 0 bridgehead atoms. The van der Waals surface area contributed by atoms with E-state index in [0.717, 1.165) is 48.4 Å². The number of carbonyl (C=O) groups excluding carboxylic acids is 1. The highest BCUT2D eigenvalue weighted by Gasteiger charge is 2.33. The molecule has 1 aliphatic rings. The predicted molar refractivity (Wildman–Crippen MR) is 91.8 cm³/mol. The third-order valence-corrected chi connectivity index (χ3v) is 4.79. The molecular formula is C18H21N5O. The molecule has 124 valence electrons. The average molecular weight is 323 g/mol. The van der Waals surface area contributed by atoms with Crippen molar-refractivity contribution < 1.29 is 4.79 Å². The summed E-state index contributed by atoms with van der Waals surface area (Å²) in [4.78, 5) is 23.0. The molecule has 1 amide bonds. The van der Waals surface area contributed by atoms with Crippen LogP contribution in [0.2, 0.25) is 0 Å². The molecule has 2 N–H and O–H groups in total. The van der Waals surface area contributed by atoms with Crippen LogP contribution in [0.15, 0.2) is 24.4 Å². The zero-order valence-electron chi connectivity index (χ0n) is 14.0. The Morgan fingerprint density at radius 2 is 2.29 bits per heavy atom. The third kappa shape index (κ3) is 2.38. The van der Waals surface area contributed by atoms with Crippen LogP contribution >= 0.6 is 0 Å². The number of amides is 1. The van der Waals surface area contributed by atoms with E-state index >= 15 is 0 Å². The van der Waals surface area contributed by atoms with Crippen LogP contribution < -0.4 is 0 Å². The number of aromatic nitrogens is 4. The molecule has 24 heavy (non-hydrogen) atoms. The number of H-pyrrole nitrogens is 2. The van der Waals surface area contributed by atoms with Crippen LogP contribution in [0.25, 0.3) is 11.0 Å². The van der Waals surface area contributed by atoms with Gasteiger partial charge in [-0.2, -0.15) is 5.10 Å². The van der Waals surface area contributed by atoms with Crippen LogP contribution in [-0.2, 0) is 6.42 Å². The third-order valence-electron chi connectivity index (χ3n) is 4.79. The molecule has 1 saturated heterocycles. The number of imidazole rings is 1. The van der Waals surface area contributed by atoms with Gasteiger partial charge in [-0.3, -0.25) is 9.89 Å². The molecule has 1 fully saturated rings. The Kier molecular flexibility index (Phi) is 3.59. The maximum absolute atomic E-state index is 13.0. The molecule has 1 aromatic carbocycles. The number of aryl methyl sites for hydroxylation is 2. The minimum absolute atomic E-state index is 0.00446. The van der Waals surface area contributed by atoms with Gasteiger partial charge in [-0.1, -0.05) is 13.0 Å². The van der Waals surface area contributed by atoms with E-state index < -0.39 is 0 Å². The predicted octanol–water partition coefficient (Wildman–Crippen LogP) is 3.13. The minimum Gasteiger partial charge on any atom is -0.340 e. The van der Waals surface area contributed by atoms with Crippen molar-refractivity contribution in [3.05, 3.63) is 47.0 Å². The SMILES string of the molecule is CCc1[nH]ncc1C(=O)N1CCCC1c1nc2ccc(C)cc2[nH]1. The Labute approximate surface area is 140 Å². The second-order valence-corrected chi connectivity index (χ2v) is 6.42. The van der Waals surface area contributed by atoms with Crippen molar-refractivity contribution in [3.63, 3.8) is 0 Å². The number of nitrogens with zero attached hydrogens (tertiary/aromatic N) is 3. The van der Waals surface area contributed by atoms with Gasteiger partial charge in [-0.15, -0.1) is 0 Å². The number of rotatable bonds is 3. The van der Waals surface area contributed by atoms with Gasteiger partial charge >= 0.3 is 0 Å². The summed E-state index contributed by atoms with van der Waals surface area (Å²) < 4.78 is 0. The molecule has 3 aromatic rings. The molecular weight excluding hydrogens is 302 g/mol. The van der Waals surface area contributed by atoms with Gasteiger partial charge in [-0.25, -0.2) is 4.98 Å². The average Bonchev–Trinajstić information content (AvgIpc) is 3.30. The molecule has 1 atom stereocenters. The second kappa shape index (κ2) is 5.78. The largest absolute Gasteiger partial charge is 0.340 e. The maximum Gasteiger partial charge on any atom is 0.257 e. The van der Waals surface area contributed by atoms with Gasteiger partial charge in [-0.05, 0) is 43.9 Å². The van der Waals surface area contributed by atoms with Crippen LogP contribution in [0, 0.1) is 6.92 Å². The van der Waals surface area contributed by atoms with Gasteiger partial charge < -0.3 is 9.88 Å². The Balaban J connectivity index is 1.67. The summed E-state index contributed by atoms with van der Waals surface area (Å²) in [6, 6.07) is 6.18. The van der Waals surface area contributed by atoms with Gasteiger partial charge in [0.1, 0.15) is 5.82 Å². The molecule has 2 aromatic heterocycles. The molecule has 4 rings (SSSR count). The fourth-order valence-corrected chi connectivity index (χ4v) is 3.52. The summed E-state index contributed by atoms with van der Waals surface area (Å²) in [6.07, 6.45) is 4.33. The molecule has 0 spiro atoms. The number of nitrogens with one attached hydrogen (secondary N) is 2. The summed E-state index contributed by atoms with van der Waals surface area (Å²) in [6.45, 7) is 4.85. The topological polar surface area (TPSA) is 77.7 Å². The normalized spacial score (nSPS) is 17.8. The van der Waals surface area contributed by atoms with Gasteiger partial charge in [0.15, 0.2) is 0 Å². The van der Waals surface area contributed by atoms with E-state index in [9.17, 15) is 4.79 Å². The van der Waals surface area contributed by atoms with Crippen molar-refractivity contribution in [1.82, 2.24) is 25.1 Å². The number of aromatic amines is 2. The molecule has 0 radical (unpaired) electrons. The van der Waals surface area contributed by atoms with Crippen molar-refractivity contribution in [2.24, 2.45) is 0 Å². The molecule has 6 heteroatoms. The summed E-state index contributed by atoms with van der Waals surface area (Å²) in [7, 11) is 0. The smallest absolute Gasteiger partial charge is 0.257 e. The van der Waals surface area contributed by atoms with Crippen LogP contribution in [0.4, 0.5) is 0 Å². The zero-order chi connectivity index (χ0) is 16.7. The fourth-order valence-electron chi connectivity index (χ4n) is 3.52. The van der Waals surface area contributed by atoms with Gasteiger partial charge in [0.2, 0.25) is 0 Å². The summed E-state index contributed by atoms with van der Waals surface area (Å²) in [5.41, 5.74) is 4.75. The lowest BCUT2D eigenvalue weighted by atomic mass is 10.1. The number of hydrogen-bond acceptors (Lipinski definition) is 3. The fraction of sp³-hybridized carbons (Fsp3) is 0.389. The van der Waals surface area contributed by atoms with Crippen LogP contribution in [-0.4, -0.2) is 37.5 Å². The van der Waals surface area contributed by atoms with Crippen molar-refractivity contribution in [2.75, 3.05) is 6.54 Å². The molecule has 0 saturated carbocycles. The number of benzene rings is 1. The monoisotopic (exact) mass is 323 g/mol. The molecule has 3 heterocycles. The highest BCUT2D eigenvalue weighted by atomic mass is 16.2. The summed E-state index contributed by atoms with van der Waals surface area (Å²) in [5, 5.41) is 6.95. The minimum atomic E-state index is 0.00446. The number of likely N-dealkylation sites (tertiary alicyclic amines) is 1. The van der Waals surface area contributed by atoms with Crippen molar-refractivity contribution >= 4 is 16.9 Å². The molecule has 1 aliphatic heterocycles. The molecule has 6 nitrogen and oxygen atoms in total. The lowest BCUT2D eigenvalue weighted by Gasteiger charge is -2.23. The second-order valence-electron chi connectivity index (χ2n) is 6.42. The Bertz CT molecular complexity index is 894. The first-order valence-electron chi connectivity index (χ1n) is 8.47. The van der Waals surface area contributed by atoms with Crippen molar-refractivity contribution in [3.8, 4) is 0 Å². The van der Waals surface area contributed by atoms with Crippen molar-refractivity contribution in [1.29, 1.82) is 0 Å². The van der Waals surface area contributed by atoms with Crippen LogP contribution in [0.5, 0.6) is 0 Å². The lowest BCUT2D eigenvalue weighted by Crippen LogP contribution is -2.31. The van der Waals surface area contributed by atoms with Gasteiger partial charge in [0.05, 0.1) is 28.8 Å². The van der Waals surface area contributed by atoms with E-state index in [0.29, 0.717) is 5.56 Å². The Morgan fingerprint density at radius 3 is 3.12 bits per heavy atom. The summed E-state index contributed by atoms with van der Waals surface area (Å²) >= 11 is 0. The zero-order valence-corrected chi connectivity index (χ0v) is 14.0. The lowest BCUT2D eigenvalue weighted by molar-refractivity contribution is 0.0729. The van der Waals surface area contributed by atoms with Gasteiger partial charge in [0.25, 0.3) is 5.91 Å². The van der Waals surface area contributed by atoms with Crippen molar-refractivity contribution in [2.45, 2.75) is 39.2 Å². The quantitative estimate of drug-likeness (QED) is 0.777. The first-order chi connectivity index (χ1) is 11.7. The van der Waals surface area contributed by atoms with Crippen LogP contribution in [0.3, 0.4) is 0 Å². The first-order valence-corrected chi connectivity index (χ1v) is 8.47. The first kappa shape index (κ1) is 14.9. The van der Waals surface area contributed by atoms with E-state index in [1.165, 1.54) is 5.56 Å². The standard InChI is InChI=1S/C18H21N5O/c1-3-13-12(10-19-22-13)18(24)23-8-4-5-16(23)17-20-14-7-6-11(2)9-15(14)21-17/h6-7,9-10,16H,3-5,8H2,1-2H3,(H,19,22)(H,20,21). The molecule has 1 unspecified atom stereocenters. The Morgan fingerprint density at radius 1 is 1.42 bits per heavy atom. The number of hydrogen-bond donors (Lipinski definition) is 2. The van der Waals surface area contributed by atoms with E-state index in [4.69, 9.17) is 4.98 Å². The highest BCUT2D eigenvalue weighted by Crippen LogP contribution is 2.33. The van der Waals surface area contributed by atoms with E-state index in [1.807, 2.05) is 17.9 Å².